The molecule has 1 rings (SSSR count). The lowest BCUT2D eigenvalue weighted by molar-refractivity contribution is 0.403. The van der Waals surface area contributed by atoms with Crippen molar-refractivity contribution >= 4 is 0 Å². The topological polar surface area (TPSA) is 18.5 Å². The van der Waals surface area contributed by atoms with E-state index in [1.807, 2.05) is 31.2 Å². The van der Waals surface area contributed by atoms with E-state index < -0.39 is 0 Å². The molecule has 0 heterocycles. The molecule has 0 unspecified atom stereocenters. The molecule has 0 spiro atoms. The summed E-state index contributed by atoms with van der Waals surface area (Å²) in [5.74, 6) is 2.18. The van der Waals surface area contributed by atoms with Crippen LogP contribution in [0.3, 0.4) is 0 Å². The molecule has 0 bridgehead atoms. The summed E-state index contributed by atoms with van der Waals surface area (Å²) in [6.45, 7) is 9.32. The van der Waals surface area contributed by atoms with E-state index in [4.69, 9.17) is 9.47 Å². The Morgan fingerprint density at radius 3 is 2.44 bits per heavy atom. The van der Waals surface area contributed by atoms with Crippen LogP contribution in [0.15, 0.2) is 60.9 Å². The summed E-state index contributed by atoms with van der Waals surface area (Å²) in [6, 6.07) is 7.42. The van der Waals surface area contributed by atoms with Gasteiger partial charge in [0.05, 0.1) is 7.11 Å². The van der Waals surface area contributed by atoms with E-state index in [-0.39, 0.29) is 0 Å². The summed E-state index contributed by atoms with van der Waals surface area (Å²) >= 11 is 0. The standard InChI is InChI=1S/C14H16O2/c1-5-11(3)14(6-2)16-13-9-7-8-12(10-13)15-4/h5-10H,1-2H2,3-4H3. The molecule has 2 heteroatoms. The van der Waals surface area contributed by atoms with Gasteiger partial charge in [0.2, 0.25) is 0 Å². The summed E-state index contributed by atoms with van der Waals surface area (Å²) in [6.07, 6.45) is 3.40. The second-order valence-corrected chi connectivity index (χ2v) is 3.24. The van der Waals surface area contributed by atoms with Crippen LogP contribution >= 0.6 is 0 Å². The van der Waals surface area contributed by atoms with Crippen molar-refractivity contribution in [2.75, 3.05) is 7.11 Å². The lowest BCUT2D eigenvalue weighted by atomic mass is 10.2. The minimum absolute atomic E-state index is 0.697. The molecular formula is C14H16O2. The maximum absolute atomic E-state index is 5.67. The number of ether oxygens (including phenoxy) is 2. The van der Waals surface area contributed by atoms with Crippen molar-refractivity contribution in [3.8, 4) is 11.5 Å². The zero-order valence-electron chi connectivity index (χ0n) is 9.69. The molecule has 2 nitrogen and oxygen atoms in total. The molecule has 16 heavy (non-hydrogen) atoms. The Morgan fingerprint density at radius 2 is 1.88 bits per heavy atom. The number of benzene rings is 1. The zero-order valence-corrected chi connectivity index (χ0v) is 9.69. The number of allylic oxidation sites excluding steroid dienone is 3. The molecule has 0 N–H and O–H groups in total. The lowest BCUT2D eigenvalue weighted by Gasteiger charge is -2.09. The summed E-state index contributed by atoms with van der Waals surface area (Å²) in [5, 5.41) is 0. The van der Waals surface area contributed by atoms with Gasteiger partial charge in [-0.1, -0.05) is 25.3 Å². The average Bonchev–Trinajstić information content (AvgIpc) is 2.35. The lowest BCUT2D eigenvalue weighted by Crippen LogP contribution is -1.95. The van der Waals surface area contributed by atoms with Crippen LogP contribution in [0.5, 0.6) is 11.5 Å². The Kier molecular flexibility index (Phi) is 4.40. The van der Waals surface area contributed by atoms with E-state index >= 15 is 0 Å². The first kappa shape index (κ1) is 12.1. The van der Waals surface area contributed by atoms with Crippen LogP contribution in [0.1, 0.15) is 6.92 Å². The Bertz CT molecular complexity index is 416. The molecule has 84 valence electrons. The molecular weight excluding hydrogens is 200 g/mol. The molecule has 0 aliphatic rings. The van der Waals surface area contributed by atoms with E-state index in [0.717, 1.165) is 17.1 Å². The molecule has 0 saturated heterocycles. The maximum Gasteiger partial charge on any atom is 0.131 e. The van der Waals surface area contributed by atoms with Crippen LogP contribution < -0.4 is 9.47 Å². The summed E-state index contributed by atoms with van der Waals surface area (Å²) in [7, 11) is 1.62. The van der Waals surface area contributed by atoms with Gasteiger partial charge in [0.15, 0.2) is 0 Å². The highest BCUT2D eigenvalue weighted by Crippen LogP contribution is 2.22. The van der Waals surface area contributed by atoms with Gasteiger partial charge in [-0.2, -0.15) is 0 Å². The van der Waals surface area contributed by atoms with E-state index in [2.05, 4.69) is 13.2 Å². The first-order chi connectivity index (χ1) is 7.71. The molecule has 0 atom stereocenters. The third-order valence-electron chi connectivity index (χ3n) is 2.15. The van der Waals surface area contributed by atoms with Crippen LogP contribution in [0, 0.1) is 0 Å². The SMILES string of the molecule is C=CC(C)=C(C=C)Oc1cccc(OC)c1. The Labute approximate surface area is 96.5 Å². The molecule has 0 aliphatic carbocycles. The van der Waals surface area contributed by atoms with Crippen LogP contribution in [0.2, 0.25) is 0 Å². The van der Waals surface area contributed by atoms with Gasteiger partial charge in [-0.15, -0.1) is 0 Å². The highest BCUT2D eigenvalue weighted by atomic mass is 16.5. The van der Waals surface area contributed by atoms with Crippen LogP contribution in [-0.4, -0.2) is 7.11 Å². The maximum atomic E-state index is 5.67. The van der Waals surface area contributed by atoms with Gasteiger partial charge in [-0.25, -0.2) is 0 Å². The number of hydrogen-bond acceptors (Lipinski definition) is 2. The van der Waals surface area contributed by atoms with Crippen molar-refractivity contribution in [3.05, 3.63) is 60.9 Å². The van der Waals surface area contributed by atoms with Gasteiger partial charge in [0.25, 0.3) is 0 Å². The normalized spacial score (nSPS) is 11.4. The second-order valence-electron chi connectivity index (χ2n) is 3.24. The molecule has 0 saturated carbocycles. The zero-order chi connectivity index (χ0) is 12.0. The van der Waals surface area contributed by atoms with Crippen LogP contribution in [-0.2, 0) is 0 Å². The third-order valence-corrected chi connectivity index (χ3v) is 2.15. The largest absolute Gasteiger partial charge is 0.497 e. The fourth-order valence-corrected chi connectivity index (χ4v) is 1.18. The minimum Gasteiger partial charge on any atom is -0.497 e. The fraction of sp³-hybridized carbons (Fsp3) is 0.143. The molecule has 0 fully saturated rings. The van der Waals surface area contributed by atoms with Gasteiger partial charge >= 0.3 is 0 Å². The highest BCUT2D eigenvalue weighted by molar-refractivity contribution is 5.36. The first-order valence-corrected chi connectivity index (χ1v) is 4.99. The third kappa shape index (κ3) is 3.02. The predicted molar refractivity (Wildman–Crippen MR) is 66.7 cm³/mol. The van der Waals surface area contributed by atoms with Gasteiger partial charge in [0, 0.05) is 6.07 Å². The smallest absolute Gasteiger partial charge is 0.131 e. The van der Waals surface area contributed by atoms with Crippen molar-refractivity contribution in [2.24, 2.45) is 0 Å². The number of methoxy groups -OCH3 is 1. The molecule has 1 aromatic rings. The van der Waals surface area contributed by atoms with Gasteiger partial charge in [0.1, 0.15) is 17.3 Å². The van der Waals surface area contributed by atoms with Gasteiger partial charge in [-0.3, -0.25) is 0 Å². The first-order valence-electron chi connectivity index (χ1n) is 4.99. The minimum atomic E-state index is 0.697. The van der Waals surface area contributed by atoms with Crippen molar-refractivity contribution in [3.63, 3.8) is 0 Å². The molecule has 0 aromatic heterocycles. The Hall–Kier alpha value is -1.96. The highest BCUT2D eigenvalue weighted by Gasteiger charge is 2.01. The monoisotopic (exact) mass is 216 g/mol. The quantitative estimate of drug-likeness (QED) is 0.551. The van der Waals surface area contributed by atoms with Crippen molar-refractivity contribution in [1.29, 1.82) is 0 Å². The summed E-state index contributed by atoms with van der Waals surface area (Å²) in [5.41, 5.74) is 0.942. The van der Waals surface area contributed by atoms with Crippen molar-refractivity contribution in [2.45, 2.75) is 6.92 Å². The van der Waals surface area contributed by atoms with E-state index in [0.29, 0.717) is 5.76 Å². The molecule has 1 aromatic carbocycles. The Balaban J connectivity index is 2.94. The average molecular weight is 216 g/mol. The van der Waals surface area contributed by atoms with E-state index in [1.54, 1.807) is 19.3 Å². The van der Waals surface area contributed by atoms with Crippen molar-refractivity contribution < 1.29 is 9.47 Å². The van der Waals surface area contributed by atoms with E-state index in [9.17, 15) is 0 Å². The number of rotatable bonds is 5. The Morgan fingerprint density at radius 1 is 1.19 bits per heavy atom. The molecule has 0 amide bonds. The summed E-state index contributed by atoms with van der Waals surface area (Å²) in [4.78, 5) is 0. The summed E-state index contributed by atoms with van der Waals surface area (Å²) < 4.78 is 10.8. The van der Waals surface area contributed by atoms with E-state index in [1.165, 1.54) is 0 Å². The van der Waals surface area contributed by atoms with Gasteiger partial charge in [-0.05, 0) is 30.7 Å². The van der Waals surface area contributed by atoms with Crippen LogP contribution in [0.25, 0.3) is 0 Å². The second kappa shape index (κ2) is 5.81. The molecule has 0 radical (unpaired) electrons. The van der Waals surface area contributed by atoms with Crippen molar-refractivity contribution in [1.82, 2.24) is 0 Å². The molecule has 0 aliphatic heterocycles. The fourth-order valence-electron chi connectivity index (χ4n) is 1.18. The predicted octanol–water partition coefficient (Wildman–Crippen LogP) is 3.72. The number of hydrogen-bond donors (Lipinski definition) is 0. The van der Waals surface area contributed by atoms with Crippen LogP contribution in [0.4, 0.5) is 0 Å². The van der Waals surface area contributed by atoms with Gasteiger partial charge < -0.3 is 9.47 Å².